The molecule has 11 heteroatoms. The van der Waals surface area contributed by atoms with Crippen LogP contribution in [0.3, 0.4) is 0 Å². The minimum Gasteiger partial charge on any atom is -0.464 e. The molecule has 0 radical (unpaired) electrons. The van der Waals surface area contributed by atoms with E-state index in [-0.39, 0.29) is 23.6 Å². The van der Waals surface area contributed by atoms with Gasteiger partial charge >= 0.3 is 12.2 Å². The summed E-state index contributed by atoms with van der Waals surface area (Å²) in [7, 11) is 0. The summed E-state index contributed by atoms with van der Waals surface area (Å²) in [5.74, 6) is 0.313. The molecule has 0 amide bonds. The van der Waals surface area contributed by atoms with Crippen LogP contribution in [0.5, 0.6) is 6.01 Å². The Morgan fingerprint density at radius 2 is 1.74 bits per heavy atom. The van der Waals surface area contributed by atoms with Crippen molar-refractivity contribution in [2.45, 2.75) is 19.6 Å². The molecule has 1 aliphatic rings. The number of nitrogens with one attached hydrogen (secondary N) is 2. The highest BCUT2D eigenvalue weighted by molar-refractivity contribution is 5.56. The van der Waals surface area contributed by atoms with Gasteiger partial charge in [-0.2, -0.15) is 28.1 Å². The van der Waals surface area contributed by atoms with Crippen molar-refractivity contribution < 1.29 is 22.6 Å². The zero-order valence-electron chi connectivity index (χ0n) is 18.6. The molecule has 0 unspecified atom stereocenters. The number of halogens is 3. The molecule has 180 valence electrons. The first kappa shape index (κ1) is 23.6. The molecule has 34 heavy (non-hydrogen) atoms. The summed E-state index contributed by atoms with van der Waals surface area (Å²) < 4.78 is 49.9. The van der Waals surface area contributed by atoms with Gasteiger partial charge in [-0.15, -0.1) is 0 Å². The smallest absolute Gasteiger partial charge is 0.416 e. The predicted molar refractivity (Wildman–Crippen MR) is 123 cm³/mol. The Kier molecular flexibility index (Phi) is 7.31. The van der Waals surface area contributed by atoms with Crippen LogP contribution in [0.4, 0.5) is 36.4 Å². The molecule has 0 saturated carbocycles. The molecule has 0 bridgehead atoms. The Morgan fingerprint density at radius 1 is 1.00 bits per heavy atom. The number of hydrogen-bond acceptors (Lipinski definition) is 8. The number of hydrogen-bond donors (Lipinski definition) is 2. The van der Waals surface area contributed by atoms with Crippen molar-refractivity contribution >= 4 is 23.3 Å². The monoisotopic (exact) mass is 474 g/mol. The molecule has 0 atom stereocenters. The molecular formula is C23H25F3N6O2. The summed E-state index contributed by atoms with van der Waals surface area (Å²) >= 11 is 0. The summed E-state index contributed by atoms with van der Waals surface area (Å²) in [4.78, 5) is 14.9. The number of alkyl halides is 3. The maximum atomic E-state index is 13.0. The van der Waals surface area contributed by atoms with Gasteiger partial charge in [0, 0.05) is 31.0 Å². The zero-order valence-corrected chi connectivity index (χ0v) is 18.6. The van der Waals surface area contributed by atoms with E-state index in [1.54, 1.807) is 6.92 Å². The number of benzene rings is 2. The average Bonchev–Trinajstić information content (AvgIpc) is 2.83. The van der Waals surface area contributed by atoms with Crippen LogP contribution in [-0.2, 0) is 17.5 Å². The van der Waals surface area contributed by atoms with Crippen molar-refractivity contribution in [2.24, 2.45) is 0 Å². The normalized spacial score (nSPS) is 14.1. The van der Waals surface area contributed by atoms with Gasteiger partial charge in [-0.3, -0.25) is 0 Å². The van der Waals surface area contributed by atoms with Crippen molar-refractivity contribution in [3.63, 3.8) is 0 Å². The highest BCUT2D eigenvalue weighted by Crippen LogP contribution is 2.31. The van der Waals surface area contributed by atoms with Gasteiger partial charge in [0.15, 0.2) is 0 Å². The molecule has 1 saturated heterocycles. The summed E-state index contributed by atoms with van der Waals surface area (Å²) in [5, 5.41) is 5.92. The van der Waals surface area contributed by atoms with Crippen LogP contribution in [-0.4, -0.2) is 47.9 Å². The summed E-state index contributed by atoms with van der Waals surface area (Å²) in [5.41, 5.74) is 1.59. The minimum atomic E-state index is -4.45. The molecule has 2 aromatic carbocycles. The number of anilines is 4. The minimum absolute atomic E-state index is 0.0668. The van der Waals surface area contributed by atoms with Gasteiger partial charge in [-0.25, -0.2) is 0 Å². The lowest BCUT2D eigenvalue weighted by Gasteiger charge is -2.28. The fraction of sp³-hybridized carbons (Fsp3) is 0.348. The van der Waals surface area contributed by atoms with E-state index in [0.717, 1.165) is 49.7 Å². The Labute approximate surface area is 195 Å². The molecular weight excluding hydrogens is 449 g/mol. The molecule has 0 aliphatic carbocycles. The molecule has 2 heterocycles. The van der Waals surface area contributed by atoms with Crippen LogP contribution in [0.1, 0.15) is 18.1 Å². The molecule has 3 aromatic rings. The Hall–Kier alpha value is -3.60. The first-order valence-electron chi connectivity index (χ1n) is 10.9. The first-order chi connectivity index (χ1) is 16.4. The van der Waals surface area contributed by atoms with Crippen molar-refractivity contribution in [3.8, 4) is 6.01 Å². The SMILES string of the molecule is CCOc1nc(NCc2ccc(N3CCOCC3)cc2)nc(Nc2cccc(C(F)(F)F)c2)n1. The van der Waals surface area contributed by atoms with Gasteiger partial charge in [-0.1, -0.05) is 18.2 Å². The van der Waals surface area contributed by atoms with Crippen molar-refractivity contribution in [3.05, 3.63) is 59.7 Å². The first-order valence-corrected chi connectivity index (χ1v) is 10.9. The molecule has 4 rings (SSSR count). The van der Waals surface area contributed by atoms with E-state index in [0.29, 0.717) is 13.2 Å². The van der Waals surface area contributed by atoms with E-state index < -0.39 is 11.7 Å². The highest BCUT2D eigenvalue weighted by atomic mass is 19.4. The summed E-state index contributed by atoms with van der Waals surface area (Å²) in [6.07, 6.45) is -4.45. The van der Waals surface area contributed by atoms with Gasteiger partial charge in [0.25, 0.3) is 0 Å². The molecule has 1 aromatic heterocycles. The van der Waals surface area contributed by atoms with Crippen LogP contribution in [0.15, 0.2) is 48.5 Å². The lowest BCUT2D eigenvalue weighted by Crippen LogP contribution is -2.36. The van der Waals surface area contributed by atoms with Crippen LogP contribution in [0.25, 0.3) is 0 Å². The number of aromatic nitrogens is 3. The van der Waals surface area contributed by atoms with Gasteiger partial charge in [-0.05, 0) is 42.8 Å². The molecule has 2 N–H and O–H groups in total. The van der Waals surface area contributed by atoms with E-state index in [4.69, 9.17) is 9.47 Å². The van der Waals surface area contributed by atoms with Gasteiger partial charge in [0.05, 0.1) is 25.4 Å². The van der Waals surface area contributed by atoms with E-state index in [2.05, 4.69) is 42.6 Å². The third-order valence-corrected chi connectivity index (χ3v) is 5.10. The Morgan fingerprint density at radius 3 is 2.44 bits per heavy atom. The highest BCUT2D eigenvalue weighted by Gasteiger charge is 2.30. The van der Waals surface area contributed by atoms with Crippen molar-refractivity contribution in [2.75, 3.05) is 48.4 Å². The van der Waals surface area contributed by atoms with Gasteiger partial charge in [0.1, 0.15) is 0 Å². The number of ether oxygens (including phenoxy) is 2. The molecule has 1 aliphatic heterocycles. The van der Waals surface area contributed by atoms with E-state index in [1.807, 2.05) is 12.1 Å². The second kappa shape index (κ2) is 10.6. The lowest BCUT2D eigenvalue weighted by molar-refractivity contribution is -0.137. The van der Waals surface area contributed by atoms with E-state index in [1.165, 1.54) is 12.1 Å². The quantitative estimate of drug-likeness (QED) is 0.495. The van der Waals surface area contributed by atoms with Crippen molar-refractivity contribution in [1.82, 2.24) is 15.0 Å². The Bertz CT molecular complexity index is 1090. The molecule has 8 nitrogen and oxygen atoms in total. The maximum Gasteiger partial charge on any atom is 0.416 e. The summed E-state index contributed by atoms with van der Waals surface area (Å²) in [6, 6.07) is 13.0. The van der Waals surface area contributed by atoms with Crippen LogP contribution >= 0.6 is 0 Å². The van der Waals surface area contributed by atoms with Crippen LogP contribution in [0, 0.1) is 0 Å². The Balaban J connectivity index is 1.45. The topological polar surface area (TPSA) is 84.4 Å². The number of morpholine rings is 1. The van der Waals surface area contributed by atoms with Crippen LogP contribution in [0.2, 0.25) is 0 Å². The largest absolute Gasteiger partial charge is 0.464 e. The predicted octanol–water partition coefficient (Wildman–Crippen LogP) is 4.48. The number of rotatable bonds is 8. The zero-order chi connectivity index (χ0) is 24.0. The second-order valence-electron chi connectivity index (χ2n) is 7.52. The van der Waals surface area contributed by atoms with E-state index >= 15 is 0 Å². The lowest BCUT2D eigenvalue weighted by atomic mass is 10.2. The molecule has 0 spiro atoms. The second-order valence-corrected chi connectivity index (χ2v) is 7.52. The van der Waals surface area contributed by atoms with Crippen molar-refractivity contribution in [1.29, 1.82) is 0 Å². The summed E-state index contributed by atoms with van der Waals surface area (Å²) in [6.45, 7) is 5.74. The van der Waals surface area contributed by atoms with Gasteiger partial charge < -0.3 is 25.0 Å². The molecule has 1 fully saturated rings. The maximum absolute atomic E-state index is 13.0. The fourth-order valence-corrected chi connectivity index (χ4v) is 3.41. The third kappa shape index (κ3) is 6.25. The number of nitrogens with zero attached hydrogens (tertiary/aromatic N) is 4. The van der Waals surface area contributed by atoms with Crippen LogP contribution < -0.4 is 20.3 Å². The van der Waals surface area contributed by atoms with Gasteiger partial charge in [0.2, 0.25) is 11.9 Å². The third-order valence-electron chi connectivity index (χ3n) is 5.10. The fourth-order valence-electron chi connectivity index (χ4n) is 3.41. The average molecular weight is 474 g/mol. The standard InChI is InChI=1S/C23H25F3N6O2/c1-2-34-22-30-20(27-15-16-6-8-19(9-7-16)32-10-12-33-13-11-32)29-21(31-22)28-18-5-3-4-17(14-18)23(24,25)26/h3-9,14H,2,10-13,15H2,1H3,(H2,27,28,29,30,31). The van der Waals surface area contributed by atoms with E-state index in [9.17, 15) is 13.2 Å².